The second-order valence-corrected chi connectivity index (χ2v) is 6.47. The summed E-state index contributed by atoms with van der Waals surface area (Å²) in [6, 6.07) is 13.6. The number of hydrogen-bond acceptors (Lipinski definition) is 4. The smallest absolute Gasteiger partial charge is 0.276 e. The van der Waals surface area contributed by atoms with E-state index in [-0.39, 0.29) is 6.61 Å². The molecule has 1 atom stereocenters. The Labute approximate surface area is 142 Å². The molecule has 126 valence electrons. The van der Waals surface area contributed by atoms with Crippen LogP contribution < -0.4 is 15.6 Å². The molecule has 2 aromatic carbocycles. The maximum Gasteiger partial charge on any atom is 0.276 e. The van der Waals surface area contributed by atoms with Crippen molar-refractivity contribution >= 4 is 22.6 Å². The van der Waals surface area contributed by atoms with Gasteiger partial charge in [-0.3, -0.25) is 24.6 Å². The van der Waals surface area contributed by atoms with E-state index >= 15 is 0 Å². The Morgan fingerprint density at radius 2 is 1.79 bits per heavy atom. The van der Waals surface area contributed by atoms with Crippen LogP contribution in [0, 0.1) is 6.92 Å². The van der Waals surface area contributed by atoms with E-state index in [4.69, 9.17) is 4.74 Å². The Kier molecular flexibility index (Phi) is 6.08. The highest BCUT2D eigenvalue weighted by Crippen LogP contribution is 2.11. The Morgan fingerprint density at radius 3 is 2.42 bits per heavy atom. The molecular formula is C17H18N2O4S. The Morgan fingerprint density at radius 1 is 1.08 bits per heavy atom. The van der Waals surface area contributed by atoms with Gasteiger partial charge in [-0.1, -0.05) is 12.1 Å². The summed E-state index contributed by atoms with van der Waals surface area (Å²) in [6.07, 6.45) is 1.56. The molecule has 0 bridgehead atoms. The van der Waals surface area contributed by atoms with Crippen LogP contribution in [0.4, 0.5) is 0 Å². The lowest BCUT2D eigenvalue weighted by Crippen LogP contribution is -2.43. The van der Waals surface area contributed by atoms with E-state index < -0.39 is 22.6 Å². The van der Waals surface area contributed by atoms with E-state index in [9.17, 15) is 13.8 Å². The van der Waals surface area contributed by atoms with E-state index in [1.165, 1.54) is 0 Å². The molecule has 2 aromatic rings. The molecule has 0 fully saturated rings. The van der Waals surface area contributed by atoms with Crippen molar-refractivity contribution in [2.45, 2.75) is 11.8 Å². The summed E-state index contributed by atoms with van der Waals surface area (Å²) in [4.78, 5) is 24.2. The largest absolute Gasteiger partial charge is 0.484 e. The minimum absolute atomic E-state index is 0.211. The molecule has 0 saturated heterocycles. The Balaban J connectivity index is 1.80. The molecule has 1 unspecified atom stereocenters. The third kappa shape index (κ3) is 5.20. The van der Waals surface area contributed by atoms with Gasteiger partial charge >= 0.3 is 0 Å². The fourth-order valence-corrected chi connectivity index (χ4v) is 2.41. The predicted octanol–water partition coefficient (Wildman–Crippen LogP) is 1.57. The second-order valence-electron chi connectivity index (χ2n) is 5.09. The summed E-state index contributed by atoms with van der Waals surface area (Å²) in [5, 5.41) is 0. The zero-order valence-corrected chi connectivity index (χ0v) is 14.2. The summed E-state index contributed by atoms with van der Waals surface area (Å²) in [7, 11) is -1.10. The number of hydrogen-bond donors (Lipinski definition) is 2. The summed E-state index contributed by atoms with van der Waals surface area (Å²) >= 11 is 0. The summed E-state index contributed by atoms with van der Waals surface area (Å²) in [5.74, 6) is -0.358. The molecule has 0 aliphatic rings. The lowest BCUT2D eigenvalue weighted by Gasteiger charge is -2.09. The molecule has 0 aromatic heterocycles. The van der Waals surface area contributed by atoms with E-state index in [0.29, 0.717) is 16.2 Å². The van der Waals surface area contributed by atoms with Crippen LogP contribution in [-0.2, 0) is 15.6 Å². The number of benzene rings is 2. The second kappa shape index (κ2) is 8.26. The van der Waals surface area contributed by atoms with Gasteiger partial charge in [0.1, 0.15) is 5.75 Å². The predicted molar refractivity (Wildman–Crippen MR) is 91.1 cm³/mol. The van der Waals surface area contributed by atoms with Crippen LogP contribution in [0.2, 0.25) is 0 Å². The summed E-state index contributed by atoms with van der Waals surface area (Å²) < 4.78 is 16.6. The van der Waals surface area contributed by atoms with E-state index in [1.54, 1.807) is 36.6 Å². The third-order valence-electron chi connectivity index (χ3n) is 3.12. The normalized spacial score (nSPS) is 11.4. The topological polar surface area (TPSA) is 84.5 Å². The van der Waals surface area contributed by atoms with Gasteiger partial charge in [0.2, 0.25) is 0 Å². The average molecular weight is 346 g/mol. The molecule has 0 aliphatic carbocycles. The maximum absolute atomic E-state index is 11.9. The van der Waals surface area contributed by atoms with Crippen molar-refractivity contribution in [1.82, 2.24) is 10.9 Å². The zero-order valence-electron chi connectivity index (χ0n) is 13.4. The van der Waals surface area contributed by atoms with Crippen molar-refractivity contribution in [1.29, 1.82) is 0 Å². The number of hydrazine groups is 1. The lowest BCUT2D eigenvalue weighted by atomic mass is 10.2. The van der Waals surface area contributed by atoms with Gasteiger partial charge in [-0.25, -0.2) is 0 Å². The monoisotopic (exact) mass is 346 g/mol. The van der Waals surface area contributed by atoms with Gasteiger partial charge in [0.05, 0.1) is 0 Å². The van der Waals surface area contributed by atoms with E-state index in [0.717, 1.165) is 5.56 Å². The van der Waals surface area contributed by atoms with Crippen LogP contribution in [0.5, 0.6) is 5.75 Å². The standard InChI is InChI=1S/C17H18N2O4S/c1-12-4-3-5-14(10-12)23-11-16(20)18-19-17(21)13-6-8-15(9-7-13)24(2)22/h3-10H,11H2,1-2H3,(H,18,20)(H,19,21). The molecule has 0 radical (unpaired) electrons. The first-order valence-electron chi connectivity index (χ1n) is 7.18. The number of aryl methyl sites for hydroxylation is 1. The molecule has 2 rings (SSSR count). The zero-order chi connectivity index (χ0) is 17.5. The molecule has 0 aliphatic heterocycles. The van der Waals surface area contributed by atoms with Crippen LogP contribution in [0.25, 0.3) is 0 Å². The molecule has 2 N–H and O–H groups in total. The van der Waals surface area contributed by atoms with Crippen molar-refractivity contribution < 1.29 is 18.5 Å². The van der Waals surface area contributed by atoms with Crippen molar-refractivity contribution in [3.63, 3.8) is 0 Å². The highest BCUT2D eigenvalue weighted by Gasteiger charge is 2.08. The Hall–Kier alpha value is -2.67. The van der Waals surface area contributed by atoms with Crippen LogP contribution in [0.1, 0.15) is 15.9 Å². The summed E-state index contributed by atoms with van der Waals surface area (Å²) in [6.45, 7) is 1.71. The molecular weight excluding hydrogens is 328 g/mol. The number of ether oxygens (including phenoxy) is 1. The van der Waals surface area contributed by atoms with Gasteiger partial charge in [0.15, 0.2) is 6.61 Å². The van der Waals surface area contributed by atoms with Crippen molar-refractivity contribution in [2.24, 2.45) is 0 Å². The van der Waals surface area contributed by atoms with Crippen LogP contribution in [0.3, 0.4) is 0 Å². The van der Waals surface area contributed by atoms with Gasteiger partial charge < -0.3 is 4.74 Å². The van der Waals surface area contributed by atoms with Gasteiger partial charge in [-0.2, -0.15) is 0 Å². The number of rotatable bonds is 5. The minimum Gasteiger partial charge on any atom is -0.484 e. The fraction of sp³-hybridized carbons (Fsp3) is 0.176. The first kappa shape index (κ1) is 17.7. The number of amides is 2. The van der Waals surface area contributed by atoms with Gasteiger partial charge in [-0.05, 0) is 48.9 Å². The van der Waals surface area contributed by atoms with E-state index in [1.807, 2.05) is 25.1 Å². The number of carbonyl (C=O) groups is 2. The third-order valence-corrected chi connectivity index (χ3v) is 4.06. The first-order valence-corrected chi connectivity index (χ1v) is 8.73. The van der Waals surface area contributed by atoms with Crippen molar-refractivity contribution in [3.05, 3.63) is 59.7 Å². The van der Waals surface area contributed by atoms with Gasteiger partial charge in [0.25, 0.3) is 11.8 Å². The van der Waals surface area contributed by atoms with E-state index in [2.05, 4.69) is 10.9 Å². The lowest BCUT2D eigenvalue weighted by molar-refractivity contribution is -0.123. The molecule has 2 amide bonds. The molecule has 24 heavy (non-hydrogen) atoms. The van der Waals surface area contributed by atoms with Crippen LogP contribution in [0.15, 0.2) is 53.4 Å². The molecule has 0 saturated carbocycles. The van der Waals surface area contributed by atoms with Gasteiger partial charge in [0, 0.05) is 27.5 Å². The molecule has 6 nitrogen and oxygen atoms in total. The van der Waals surface area contributed by atoms with Crippen LogP contribution >= 0.6 is 0 Å². The van der Waals surface area contributed by atoms with Crippen molar-refractivity contribution in [3.8, 4) is 5.75 Å². The quantitative estimate of drug-likeness (QED) is 0.805. The average Bonchev–Trinajstić information content (AvgIpc) is 2.58. The minimum atomic E-state index is -1.10. The highest BCUT2D eigenvalue weighted by atomic mass is 32.2. The highest BCUT2D eigenvalue weighted by molar-refractivity contribution is 7.84. The number of carbonyl (C=O) groups excluding carboxylic acids is 2. The molecule has 0 heterocycles. The Bertz CT molecular complexity index is 759. The van der Waals surface area contributed by atoms with Gasteiger partial charge in [-0.15, -0.1) is 0 Å². The number of nitrogens with one attached hydrogen (secondary N) is 2. The first-order chi connectivity index (χ1) is 11.5. The molecule has 7 heteroatoms. The molecule has 0 spiro atoms. The fourth-order valence-electron chi connectivity index (χ4n) is 1.89. The summed E-state index contributed by atoms with van der Waals surface area (Å²) in [5.41, 5.74) is 5.96. The van der Waals surface area contributed by atoms with Crippen LogP contribution in [-0.4, -0.2) is 28.9 Å². The maximum atomic E-state index is 11.9. The van der Waals surface area contributed by atoms with Crippen molar-refractivity contribution in [2.75, 3.05) is 12.9 Å². The SMILES string of the molecule is Cc1cccc(OCC(=O)NNC(=O)c2ccc(S(C)=O)cc2)c1.